The van der Waals surface area contributed by atoms with Gasteiger partial charge in [0.25, 0.3) is 0 Å². The van der Waals surface area contributed by atoms with Crippen LogP contribution in [0.2, 0.25) is 0 Å². The molecule has 8 heteroatoms. The second-order valence-electron chi connectivity index (χ2n) is 5.04. The number of esters is 1. The van der Waals surface area contributed by atoms with Crippen LogP contribution in [-0.2, 0) is 19.1 Å². The fourth-order valence-corrected chi connectivity index (χ4v) is 2.40. The first-order valence-electron chi connectivity index (χ1n) is 6.47. The Kier molecular flexibility index (Phi) is 4.24. The van der Waals surface area contributed by atoms with Crippen molar-refractivity contribution in [1.82, 2.24) is 10.2 Å². The summed E-state index contributed by atoms with van der Waals surface area (Å²) in [6.45, 7) is 2.91. The van der Waals surface area contributed by atoms with Gasteiger partial charge in [-0.2, -0.15) is 0 Å². The van der Waals surface area contributed by atoms with Gasteiger partial charge in [0.1, 0.15) is 18.4 Å². The molecule has 8 nitrogen and oxygen atoms in total. The summed E-state index contributed by atoms with van der Waals surface area (Å²) in [5, 5.41) is 11.5. The van der Waals surface area contributed by atoms with E-state index in [-0.39, 0.29) is 31.4 Å². The maximum Gasteiger partial charge on any atom is 0.326 e. The highest BCUT2D eigenvalue weighted by atomic mass is 16.6. The van der Waals surface area contributed by atoms with Crippen molar-refractivity contribution < 1.29 is 29.0 Å². The zero-order valence-electron chi connectivity index (χ0n) is 11.4. The van der Waals surface area contributed by atoms with Crippen LogP contribution in [0.4, 0.5) is 4.79 Å². The molecule has 0 aromatic rings. The molecule has 0 radical (unpaired) electrons. The van der Waals surface area contributed by atoms with Crippen LogP contribution in [0.3, 0.4) is 0 Å². The Morgan fingerprint density at radius 2 is 2.25 bits per heavy atom. The van der Waals surface area contributed by atoms with Crippen LogP contribution in [0, 0.1) is 5.92 Å². The Balaban J connectivity index is 2.04. The van der Waals surface area contributed by atoms with E-state index >= 15 is 0 Å². The Morgan fingerprint density at radius 3 is 2.85 bits per heavy atom. The molecule has 2 heterocycles. The zero-order chi connectivity index (χ0) is 14.9. The third kappa shape index (κ3) is 2.91. The zero-order valence-corrected chi connectivity index (χ0v) is 11.4. The number of aliphatic hydroxyl groups excluding tert-OH is 1. The van der Waals surface area contributed by atoms with Gasteiger partial charge in [-0.05, 0) is 0 Å². The first kappa shape index (κ1) is 14.7. The van der Waals surface area contributed by atoms with Gasteiger partial charge in [0.05, 0.1) is 12.5 Å². The lowest BCUT2D eigenvalue weighted by atomic mass is 10.1. The number of aliphatic hydroxyl groups is 1. The smallest absolute Gasteiger partial charge is 0.326 e. The van der Waals surface area contributed by atoms with Crippen molar-refractivity contribution in [3.8, 4) is 0 Å². The van der Waals surface area contributed by atoms with Gasteiger partial charge in [-0.15, -0.1) is 0 Å². The number of carbonyl (C=O) groups excluding carboxylic acids is 3. The number of nitrogens with zero attached hydrogens (tertiary/aromatic N) is 1. The summed E-state index contributed by atoms with van der Waals surface area (Å²) in [7, 11) is 0. The SMILES string of the molecule is CC(=O)OC1CC(N2CC(C)C(=O)NC2=O)OC1CO. The van der Waals surface area contributed by atoms with E-state index in [1.807, 2.05) is 0 Å². The van der Waals surface area contributed by atoms with Crippen molar-refractivity contribution in [3.05, 3.63) is 0 Å². The molecule has 2 fully saturated rings. The number of hydrogen-bond donors (Lipinski definition) is 2. The average molecular weight is 286 g/mol. The highest BCUT2D eigenvalue weighted by Crippen LogP contribution is 2.27. The van der Waals surface area contributed by atoms with Gasteiger partial charge in [-0.25, -0.2) is 4.79 Å². The molecule has 2 aliphatic heterocycles. The van der Waals surface area contributed by atoms with Crippen LogP contribution in [-0.4, -0.2) is 59.5 Å². The Bertz CT molecular complexity index is 426. The van der Waals surface area contributed by atoms with Crippen LogP contribution in [0.5, 0.6) is 0 Å². The van der Waals surface area contributed by atoms with Gasteiger partial charge in [0, 0.05) is 19.9 Å². The number of urea groups is 1. The van der Waals surface area contributed by atoms with Gasteiger partial charge < -0.3 is 14.6 Å². The lowest BCUT2D eigenvalue weighted by Gasteiger charge is -2.34. The number of amides is 3. The molecule has 0 saturated carbocycles. The lowest BCUT2D eigenvalue weighted by molar-refractivity contribution is -0.150. The van der Waals surface area contributed by atoms with Crippen molar-refractivity contribution in [2.45, 2.75) is 38.7 Å². The number of nitrogens with one attached hydrogen (secondary N) is 1. The minimum atomic E-state index is -0.662. The maximum absolute atomic E-state index is 11.8. The number of hydrogen-bond acceptors (Lipinski definition) is 6. The maximum atomic E-state index is 11.8. The topological polar surface area (TPSA) is 105 Å². The van der Waals surface area contributed by atoms with Crippen LogP contribution >= 0.6 is 0 Å². The molecule has 2 N–H and O–H groups in total. The van der Waals surface area contributed by atoms with Crippen LogP contribution in [0.1, 0.15) is 20.3 Å². The Morgan fingerprint density at radius 1 is 1.55 bits per heavy atom. The number of ether oxygens (including phenoxy) is 2. The normalized spacial score (nSPS) is 34.0. The molecule has 4 unspecified atom stereocenters. The highest BCUT2D eigenvalue weighted by Gasteiger charge is 2.43. The second kappa shape index (κ2) is 5.76. The molecule has 0 spiro atoms. The van der Waals surface area contributed by atoms with E-state index in [1.54, 1.807) is 6.92 Å². The summed E-state index contributed by atoms with van der Waals surface area (Å²) in [5.41, 5.74) is 0. The summed E-state index contributed by atoms with van der Waals surface area (Å²) < 4.78 is 10.6. The van der Waals surface area contributed by atoms with Crippen molar-refractivity contribution >= 4 is 17.9 Å². The van der Waals surface area contributed by atoms with E-state index in [0.29, 0.717) is 0 Å². The molecule has 2 aliphatic rings. The molecule has 3 amide bonds. The Labute approximate surface area is 116 Å². The molecule has 0 bridgehead atoms. The third-order valence-electron chi connectivity index (χ3n) is 3.43. The van der Waals surface area contributed by atoms with Gasteiger partial charge in [0.2, 0.25) is 5.91 Å². The van der Waals surface area contributed by atoms with Crippen molar-refractivity contribution in [2.24, 2.45) is 5.92 Å². The van der Waals surface area contributed by atoms with E-state index in [4.69, 9.17) is 9.47 Å². The standard InChI is InChI=1S/C12H18N2O6/c1-6-4-14(12(18)13-11(6)17)10-3-8(19-7(2)16)9(5-15)20-10/h6,8-10,15H,3-5H2,1-2H3,(H,13,17,18). The average Bonchev–Trinajstić information content (AvgIpc) is 2.75. The van der Waals surface area contributed by atoms with Gasteiger partial charge in [0.15, 0.2) is 0 Å². The molecule has 2 rings (SSSR count). The fraction of sp³-hybridized carbons (Fsp3) is 0.750. The third-order valence-corrected chi connectivity index (χ3v) is 3.43. The lowest BCUT2D eigenvalue weighted by Crippen LogP contribution is -2.57. The Hall–Kier alpha value is -1.67. The predicted molar refractivity (Wildman–Crippen MR) is 65.3 cm³/mol. The van der Waals surface area contributed by atoms with Crippen molar-refractivity contribution in [1.29, 1.82) is 0 Å². The molecule has 0 aliphatic carbocycles. The summed E-state index contributed by atoms with van der Waals surface area (Å²) in [4.78, 5) is 35.6. The molecular formula is C12H18N2O6. The quantitative estimate of drug-likeness (QED) is 0.659. The summed E-state index contributed by atoms with van der Waals surface area (Å²) >= 11 is 0. The molecule has 4 atom stereocenters. The first-order valence-corrected chi connectivity index (χ1v) is 6.47. The first-order chi connectivity index (χ1) is 9.42. The van der Waals surface area contributed by atoms with Crippen LogP contribution in [0.25, 0.3) is 0 Å². The van der Waals surface area contributed by atoms with Gasteiger partial charge in [-0.1, -0.05) is 6.92 Å². The molecule has 0 aromatic heterocycles. The molecule has 112 valence electrons. The summed E-state index contributed by atoms with van der Waals surface area (Å²) in [6, 6.07) is -0.529. The predicted octanol–water partition coefficient (Wildman–Crippen LogP) is -0.787. The number of carbonyl (C=O) groups is 3. The summed E-state index contributed by atoms with van der Waals surface area (Å²) in [6.07, 6.45) is -1.60. The van der Waals surface area contributed by atoms with E-state index in [9.17, 15) is 19.5 Å². The van der Waals surface area contributed by atoms with E-state index in [1.165, 1.54) is 11.8 Å². The van der Waals surface area contributed by atoms with Gasteiger partial charge >= 0.3 is 12.0 Å². The van der Waals surface area contributed by atoms with E-state index in [2.05, 4.69) is 5.32 Å². The fourth-order valence-electron chi connectivity index (χ4n) is 2.40. The van der Waals surface area contributed by atoms with Crippen molar-refractivity contribution in [2.75, 3.05) is 13.2 Å². The summed E-state index contributed by atoms with van der Waals surface area (Å²) in [5.74, 6) is -1.12. The largest absolute Gasteiger partial charge is 0.460 e. The minimum absolute atomic E-state index is 0.236. The minimum Gasteiger partial charge on any atom is -0.460 e. The van der Waals surface area contributed by atoms with E-state index in [0.717, 1.165) is 0 Å². The molecular weight excluding hydrogens is 268 g/mol. The van der Waals surface area contributed by atoms with Crippen molar-refractivity contribution in [3.63, 3.8) is 0 Å². The number of rotatable bonds is 3. The second-order valence-corrected chi connectivity index (χ2v) is 5.04. The highest BCUT2D eigenvalue weighted by molar-refractivity contribution is 5.97. The monoisotopic (exact) mass is 286 g/mol. The molecule has 0 aromatic carbocycles. The molecule has 2 saturated heterocycles. The van der Waals surface area contributed by atoms with Gasteiger partial charge in [-0.3, -0.25) is 19.8 Å². The number of imide groups is 1. The van der Waals surface area contributed by atoms with Crippen LogP contribution < -0.4 is 5.32 Å². The van der Waals surface area contributed by atoms with E-state index < -0.39 is 30.4 Å². The van der Waals surface area contributed by atoms with Crippen LogP contribution in [0.15, 0.2) is 0 Å². The molecule has 20 heavy (non-hydrogen) atoms.